The third-order valence-electron chi connectivity index (χ3n) is 2.19. The molecule has 1 atom stereocenters. The lowest BCUT2D eigenvalue weighted by Crippen LogP contribution is -2.14. The van der Waals surface area contributed by atoms with Gasteiger partial charge in [0.25, 0.3) is 0 Å². The Hall–Kier alpha value is -1.17. The molecule has 1 N–H and O–H groups in total. The van der Waals surface area contributed by atoms with Crippen LogP contribution in [0.25, 0.3) is 0 Å². The zero-order chi connectivity index (χ0) is 13.0. The fourth-order valence-electron chi connectivity index (χ4n) is 1.31. The van der Waals surface area contributed by atoms with E-state index in [4.69, 9.17) is 16.3 Å². The van der Waals surface area contributed by atoms with Crippen molar-refractivity contribution >= 4 is 17.6 Å². The van der Waals surface area contributed by atoms with Crippen molar-refractivity contribution in [2.75, 3.05) is 14.2 Å². The van der Waals surface area contributed by atoms with E-state index in [-0.39, 0.29) is 22.8 Å². The Morgan fingerprint density at radius 1 is 1.53 bits per heavy atom. The standard InChI is InChI=1S/C11H12ClFO4/c1-16-5-7-8(12)3-6(4-9(7)13)10(14)11(15)17-2/h3-4,10,14H,5H2,1-2H3. The van der Waals surface area contributed by atoms with Crippen molar-refractivity contribution in [2.45, 2.75) is 12.7 Å². The van der Waals surface area contributed by atoms with Crippen molar-refractivity contribution in [1.82, 2.24) is 0 Å². The van der Waals surface area contributed by atoms with Gasteiger partial charge in [-0.3, -0.25) is 0 Å². The molecule has 6 heteroatoms. The first-order valence-electron chi connectivity index (χ1n) is 4.74. The molecule has 0 aliphatic carbocycles. The SMILES string of the molecule is COCc1c(F)cc(C(O)C(=O)OC)cc1Cl. The molecule has 94 valence electrons. The number of rotatable bonds is 4. The first-order valence-corrected chi connectivity index (χ1v) is 5.11. The zero-order valence-electron chi connectivity index (χ0n) is 9.37. The monoisotopic (exact) mass is 262 g/mol. The number of aliphatic hydroxyl groups excluding tert-OH is 1. The molecule has 0 bridgehead atoms. The number of benzene rings is 1. The maximum absolute atomic E-state index is 13.6. The van der Waals surface area contributed by atoms with Crippen LogP contribution >= 0.6 is 11.6 Å². The van der Waals surface area contributed by atoms with Crippen molar-refractivity contribution < 1.29 is 23.8 Å². The van der Waals surface area contributed by atoms with Gasteiger partial charge in [-0.05, 0) is 17.7 Å². The maximum atomic E-state index is 13.6. The first kappa shape index (κ1) is 13.9. The summed E-state index contributed by atoms with van der Waals surface area (Å²) in [6, 6.07) is 2.34. The van der Waals surface area contributed by atoms with Crippen molar-refractivity contribution in [3.8, 4) is 0 Å². The number of esters is 1. The largest absolute Gasteiger partial charge is 0.467 e. The van der Waals surface area contributed by atoms with Crippen molar-refractivity contribution in [2.24, 2.45) is 0 Å². The smallest absolute Gasteiger partial charge is 0.339 e. The van der Waals surface area contributed by atoms with Gasteiger partial charge in [-0.2, -0.15) is 0 Å². The Balaban J connectivity index is 3.09. The van der Waals surface area contributed by atoms with Gasteiger partial charge in [-0.15, -0.1) is 0 Å². The highest BCUT2D eigenvalue weighted by atomic mass is 35.5. The molecule has 1 rings (SSSR count). The second-order valence-corrected chi connectivity index (χ2v) is 3.73. The van der Waals surface area contributed by atoms with Crippen LogP contribution in [0, 0.1) is 5.82 Å². The van der Waals surface area contributed by atoms with E-state index in [1.165, 1.54) is 13.2 Å². The Morgan fingerprint density at radius 3 is 2.65 bits per heavy atom. The molecule has 0 aliphatic rings. The summed E-state index contributed by atoms with van der Waals surface area (Å²) in [6.45, 7) is 0.0132. The lowest BCUT2D eigenvalue weighted by molar-refractivity contribution is -0.150. The van der Waals surface area contributed by atoms with Crippen LogP contribution in [0.5, 0.6) is 0 Å². The van der Waals surface area contributed by atoms with Crippen LogP contribution in [0.2, 0.25) is 5.02 Å². The summed E-state index contributed by atoms with van der Waals surface area (Å²) in [4.78, 5) is 11.1. The van der Waals surface area contributed by atoms with E-state index in [9.17, 15) is 14.3 Å². The summed E-state index contributed by atoms with van der Waals surface area (Å²) in [5.41, 5.74) is 0.217. The number of methoxy groups -OCH3 is 2. The molecule has 1 aromatic rings. The van der Waals surface area contributed by atoms with Crippen LogP contribution in [0.3, 0.4) is 0 Å². The van der Waals surface area contributed by atoms with Gasteiger partial charge in [0.15, 0.2) is 6.10 Å². The predicted molar refractivity (Wildman–Crippen MR) is 59.1 cm³/mol. The van der Waals surface area contributed by atoms with Crippen LogP contribution < -0.4 is 0 Å². The highest BCUT2D eigenvalue weighted by molar-refractivity contribution is 6.31. The van der Waals surface area contributed by atoms with Gasteiger partial charge in [0.05, 0.1) is 13.7 Å². The number of carbonyl (C=O) groups excluding carboxylic acids is 1. The minimum Gasteiger partial charge on any atom is -0.467 e. The van der Waals surface area contributed by atoms with Crippen LogP contribution in [0.4, 0.5) is 4.39 Å². The third-order valence-corrected chi connectivity index (χ3v) is 2.53. The Morgan fingerprint density at radius 2 is 2.18 bits per heavy atom. The van der Waals surface area contributed by atoms with Gasteiger partial charge < -0.3 is 14.6 Å². The van der Waals surface area contributed by atoms with Gasteiger partial charge in [0.2, 0.25) is 0 Å². The Labute approximate surface area is 103 Å². The normalized spacial score (nSPS) is 12.3. The van der Waals surface area contributed by atoms with Gasteiger partial charge in [-0.1, -0.05) is 11.6 Å². The van der Waals surface area contributed by atoms with Crippen LogP contribution in [0.15, 0.2) is 12.1 Å². The maximum Gasteiger partial charge on any atom is 0.339 e. The Bertz CT molecular complexity index is 399. The van der Waals surface area contributed by atoms with Crippen molar-refractivity contribution in [3.05, 3.63) is 34.1 Å². The lowest BCUT2D eigenvalue weighted by Gasteiger charge is -2.12. The molecule has 4 nitrogen and oxygen atoms in total. The Kier molecular flexibility index (Phi) is 4.86. The van der Waals surface area contributed by atoms with Crippen LogP contribution in [-0.4, -0.2) is 25.3 Å². The molecule has 0 radical (unpaired) electrons. The van der Waals surface area contributed by atoms with Crippen molar-refractivity contribution in [1.29, 1.82) is 0 Å². The van der Waals surface area contributed by atoms with E-state index in [0.717, 1.165) is 13.2 Å². The van der Waals surface area contributed by atoms with E-state index >= 15 is 0 Å². The molecule has 0 heterocycles. The summed E-state index contributed by atoms with van der Waals surface area (Å²) in [5, 5.41) is 9.62. The summed E-state index contributed by atoms with van der Waals surface area (Å²) < 4.78 is 22.7. The highest BCUT2D eigenvalue weighted by Gasteiger charge is 2.21. The van der Waals surface area contributed by atoms with Crippen LogP contribution in [-0.2, 0) is 20.9 Å². The van der Waals surface area contributed by atoms with E-state index in [1.54, 1.807) is 0 Å². The molecular weight excluding hydrogens is 251 g/mol. The number of ether oxygens (including phenoxy) is 2. The van der Waals surface area contributed by atoms with Gasteiger partial charge in [0, 0.05) is 17.7 Å². The number of carbonyl (C=O) groups is 1. The minimum atomic E-state index is -1.55. The second kappa shape index (κ2) is 5.95. The van der Waals surface area contributed by atoms with E-state index in [0.29, 0.717) is 0 Å². The molecule has 0 spiro atoms. The summed E-state index contributed by atoms with van der Waals surface area (Å²) in [5.74, 6) is -1.52. The molecule has 0 fully saturated rings. The lowest BCUT2D eigenvalue weighted by atomic mass is 10.1. The third kappa shape index (κ3) is 3.15. The quantitative estimate of drug-likeness (QED) is 0.841. The average Bonchev–Trinajstić information content (AvgIpc) is 2.31. The fraction of sp³-hybridized carbons (Fsp3) is 0.364. The molecule has 0 saturated carbocycles. The van der Waals surface area contributed by atoms with Gasteiger partial charge >= 0.3 is 5.97 Å². The van der Waals surface area contributed by atoms with Gasteiger partial charge in [0.1, 0.15) is 5.82 Å². The molecule has 0 amide bonds. The molecular formula is C11H12ClFO4. The average molecular weight is 263 g/mol. The molecule has 1 unspecified atom stereocenters. The summed E-state index contributed by atoms with van der Waals surface area (Å²) >= 11 is 5.82. The molecule has 0 aliphatic heterocycles. The number of halogens is 2. The van der Waals surface area contributed by atoms with E-state index in [2.05, 4.69) is 4.74 Å². The molecule has 0 saturated heterocycles. The summed E-state index contributed by atoms with van der Waals surface area (Å²) in [6.07, 6.45) is -1.55. The van der Waals surface area contributed by atoms with Crippen LogP contribution in [0.1, 0.15) is 17.2 Å². The van der Waals surface area contributed by atoms with E-state index in [1.807, 2.05) is 0 Å². The number of hydrogen-bond donors (Lipinski definition) is 1. The molecule has 0 aromatic heterocycles. The topological polar surface area (TPSA) is 55.8 Å². The molecule has 17 heavy (non-hydrogen) atoms. The second-order valence-electron chi connectivity index (χ2n) is 3.32. The fourth-order valence-corrected chi connectivity index (χ4v) is 1.58. The van der Waals surface area contributed by atoms with Gasteiger partial charge in [-0.25, -0.2) is 9.18 Å². The number of hydrogen-bond acceptors (Lipinski definition) is 4. The first-order chi connectivity index (χ1) is 8.01. The highest BCUT2D eigenvalue weighted by Crippen LogP contribution is 2.26. The zero-order valence-corrected chi connectivity index (χ0v) is 10.1. The molecule has 1 aromatic carbocycles. The van der Waals surface area contributed by atoms with E-state index < -0.39 is 17.9 Å². The van der Waals surface area contributed by atoms with Crippen molar-refractivity contribution in [3.63, 3.8) is 0 Å². The summed E-state index contributed by atoms with van der Waals surface area (Å²) in [7, 11) is 2.54. The minimum absolute atomic E-state index is 0.0132. The predicted octanol–water partition coefficient (Wildman–Crippen LogP) is 1.83. The number of aliphatic hydroxyl groups is 1.